The van der Waals surface area contributed by atoms with E-state index in [1.165, 1.54) is 42.5 Å². The molecule has 10 heteroatoms. The molecule has 2 N–H and O–H groups in total. The van der Waals surface area contributed by atoms with Gasteiger partial charge in [0.05, 0.1) is 21.8 Å². The van der Waals surface area contributed by atoms with Crippen LogP contribution in [-0.4, -0.2) is 28.4 Å². The van der Waals surface area contributed by atoms with E-state index in [1.54, 1.807) is 37.2 Å². The number of sulfonamides is 1. The molecule has 0 heterocycles. The Morgan fingerprint density at radius 3 is 2.22 bits per heavy atom. The van der Waals surface area contributed by atoms with E-state index in [4.69, 9.17) is 0 Å². The van der Waals surface area contributed by atoms with Crippen LogP contribution in [0.3, 0.4) is 0 Å². The van der Waals surface area contributed by atoms with Crippen molar-refractivity contribution in [1.82, 2.24) is 0 Å². The molecule has 1 amide bonds. The average Bonchev–Trinajstić information content (AvgIpc) is 2.73. The summed E-state index contributed by atoms with van der Waals surface area (Å²) in [6, 6.07) is 16.4. The first-order valence-corrected chi connectivity index (χ1v) is 10.8. The fourth-order valence-corrected chi connectivity index (χ4v) is 4.01. The summed E-state index contributed by atoms with van der Waals surface area (Å²) in [4.78, 5) is 14.4. The Morgan fingerprint density at radius 1 is 0.906 bits per heavy atom. The highest BCUT2D eigenvalue weighted by Crippen LogP contribution is 2.35. The first-order valence-electron chi connectivity index (χ1n) is 9.35. The molecule has 0 bridgehead atoms. The van der Waals surface area contributed by atoms with E-state index in [2.05, 4.69) is 10.0 Å². The summed E-state index contributed by atoms with van der Waals surface area (Å²) in [7, 11) is -0.596. The molecule has 0 saturated heterocycles. The van der Waals surface area contributed by atoms with Crippen LogP contribution in [0.15, 0.2) is 77.7 Å². The molecule has 6 nitrogen and oxygen atoms in total. The van der Waals surface area contributed by atoms with Crippen molar-refractivity contribution in [3.63, 3.8) is 0 Å². The van der Waals surface area contributed by atoms with Crippen LogP contribution < -0.4 is 14.9 Å². The lowest BCUT2D eigenvalue weighted by Gasteiger charge is -2.20. The smallest absolute Gasteiger partial charge is 0.376 e. The average molecular weight is 463 g/mol. The summed E-state index contributed by atoms with van der Waals surface area (Å²) in [5.41, 5.74) is -0.334. The number of halogens is 3. The van der Waals surface area contributed by atoms with Crippen LogP contribution in [0.4, 0.5) is 30.2 Å². The molecule has 168 valence electrons. The Labute approximate surface area is 183 Å². The highest BCUT2D eigenvalue weighted by molar-refractivity contribution is 7.92. The number of carbonyl (C=O) groups excluding carboxylic acids is 1. The molecule has 3 aromatic rings. The number of anilines is 3. The molecule has 0 saturated carbocycles. The maximum absolute atomic E-state index is 13.1. The van der Waals surface area contributed by atoms with E-state index in [9.17, 15) is 26.4 Å². The lowest BCUT2D eigenvalue weighted by atomic mass is 10.1. The van der Waals surface area contributed by atoms with Gasteiger partial charge in [-0.2, -0.15) is 13.2 Å². The van der Waals surface area contributed by atoms with Gasteiger partial charge in [-0.05, 0) is 48.5 Å². The van der Waals surface area contributed by atoms with Gasteiger partial charge in [0.15, 0.2) is 0 Å². The Kier molecular flexibility index (Phi) is 6.45. The van der Waals surface area contributed by atoms with Crippen molar-refractivity contribution in [3.8, 4) is 0 Å². The van der Waals surface area contributed by atoms with Crippen LogP contribution in [0.1, 0.15) is 15.9 Å². The quantitative estimate of drug-likeness (QED) is 0.549. The number of carbonyl (C=O) groups is 1. The van der Waals surface area contributed by atoms with Gasteiger partial charge in [-0.3, -0.25) is 9.52 Å². The third kappa shape index (κ3) is 5.38. The zero-order valence-electron chi connectivity index (χ0n) is 17.1. The van der Waals surface area contributed by atoms with Gasteiger partial charge in [0.2, 0.25) is 0 Å². The van der Waals surface area contributed by atoms with E-state index in [0.717, 1.165) is 12.1 Å². The van der Waals surface area contributed by atoms with Gasteiger partial charge in [-0.15, -0.1) is 0 Å². The van der Waals surface area contributed by atoms with E-state index in [-0.39, 0.29) is 21.8 Å². The van der Waals surface area contributed by atoms with E-state index < -0.39 is 27.7 Å². The number of amides is 1. The second kappa shape index (κ2) is 8.91. The number of hydrogen-bond donors (Lipinski definition) is 2. The Hall–Kier alpha value is -3.53. The lowest BCUT2D eigenvalue weighted by Crippen LogP contribution is -2.18. The number of hydrogen-bond acceptors (Lipinski definition) is 4. The Bertz CT molecular complexity index is 1230. The molecular weight excluding hydrogens is 443 g/mol. The van der Waals surface area contributed by atoms with Crippen molar-refractivity contribution in [2.45, 2.75) is 11.1 Å². The minimum absolute atomic E-state index is 0.0231. The van der Waals surface area contributed by atoms with Crippen molar-refractivity contribution >= 4 is 33.0 Å². The van der Waals surface area contributed by atoms with Crippen LogP contribution in [0.2, 0.25) is 0 Å². The second-order valence-electron chi connectivity index (χ2n) is 7.08. The minimum Gasteiger partial charge on any atom is -0.376 e. The molecular formula is C22H20F3N3O3S. The van der Waals surface area contributed by atoms with Gasteiger partial charge in [0.25, 0.3) is 15.9 Å². The molecule has 0 aliphatic rings. The maximum Gasteiger partial charge on any atom is 0.416 e. The number of nitrogens with zero attached hydrogens (tertiary/aromatic N) is 1. The highest BCUT2D eigenvalue weighted by atomic mass is 32.2. The summed E-state index contributed by atoms with van der Waals surface area (Å²) in [5.74, 6) is -0.687. The standard InChI is InChI=1S/C22H20F3N3O3S/c1-28(2)20-12-11-16(22(23,24)25)14-19(20)26-21(29)15-7-6-8-17(13-15)27-32(30,31)18-9-4-3-5-10-18/h3-14,27H,1-2H3,(H,26,29). The number of nitrogens with one attached hydrogen (secondary N) is 2. The summed E-state index contributed by atoms with van der Waals surface area (Å²) in [5, 5.41) is 2.48. The predicted molar refractivity (Wildman–Crippen MR) is 117 cm³/mol. The largest absolute Gasteiger partial charge is 0.416 e. The molecule has 0 aromatic heterocycles. The molecule has 0 atom stereocenters. The van der Waals surface area contributed by atoms with Crippen LogP contribution in [0, 0.1) is 0 Å². The van der Waals surface area contributed by atoms with Crippen LogP contribution in [0.25, 0.3) is 0 Å². The third-order valence-electron chi connectivity index (χ3n) is 4.48. The van der Waals surface area contributed by atoms with Crippen molar-refractivity contribution < 1.29 is 26.4 Å². The molecule has 3 aromatic carbocycles. The monoisotopic (exact) mass is 463 g/mol. The van der Waals surface area contributed by atoms with Crippen LogP contribution in [-0.2, 0) is 16.2 Å². The van der Waals surface area contributed by atoms with Gasteiger partial charge >= 0.3 is 6.18 Å². The van der Waals surface area contributed by atoms with Gasteiger partial charge < -0.3 is 10.2 Å². The lowest BCUT2D eigenvalue weighted by molar-refractivity contribution is -0.137. The molecule has 0 radical (unpaired) electrons. The topological polar surface area (TPSA) is 78.5 Å². The first-order chi connectivity index (χ1) is 15.0. The number of rotatable bonds is 6. The van der Waals surface area contributed by atoms with Gasteiger partial charge in [-0.1, -0.05) is 24.3 Å². The van der Waals surface area contributed by atoms with Crippen molar-refractivity contribution in [2.75, 3.05) is 29.0 Å². The summed E-state index contributed by atoms with van der Waals surface area (Å²) < 4.78 is 66.7. The van der Waals surface area contributed by atoms with Crippen molar-refractivity contribution in [2.24, 2.45) is 0 Å². The van der Waals surface area contributed by atoms with Crippen LogP contribution in [0.5, 0.6) is 0 Å². The van der Waals surface area contributed by atoms with Crippen molar-refractivity contribution in [3.05, 3.63) is 83.9 Å². The second-order valence-corrected chi connectivity index (χ2v) is 8.76. The Balaban J connectivity index is 1.87. The summed E-state index contributed by atoms with van der Waals surface area (Å²) in [6.07, 6.45) is -4.57. The first kappa shape index (κ1) is 23.1. The molecule has 0 fully saturated rings. The highest BCUT2D eigenvalue weighted by Gasteiger charge is 2.31. The van der Waals surface area contributed by atoms with Gasteiger partial charge in [-0.25, -0.2) is 8.42 Å². The summed E-state index contributed by atoms with van der Waals surface area (Å²) in [6.45, 7) is 0. The normalized spacial score (nSPS) is 11.7. The summed E-state index contributed by atoms with van der Waals surface area (Å²) >= 11 is 0. The third-order valence-corrected chi connectivity index (χ3v) is 5.88. The molecule has 32 heavy (non-hydrogen) atoms. The van der Waals surface area contributed by atoms with E-state index in [0.29, 0.717) is 5.69 Å². The van der Waals surface area contributed by atoms with Crippen molar-refractivity contribution in [1.29, 1.82) is 0 Å². The minimum atomic E-state index is -4.57. The zero-order valence-corrected chi connectivity index (χ0v) is 18.0. The fraction of sp³-hybridized carbons (Fsp3) is 0.136. The maximum atomic E-state index is 13.1. The zero-order chi connectivity index (χ0) is 23.5. The molecule has 0 aliphatic carbocycles. The van der Waals surface area contributed by atoms with Gasteiger partial charge in [0, 0.05) is 25.3 Å². The number of alkyl halides is 3. The van der Waals surface area contributed by atoms with Gasteiger partial charge in [0.1, 0.15) is 0 Å². The van der Waals surface area contributed by atoms with E-state index >= 15 is 0 Å². The molecule has 0 spiro atoms. The Morgan fingerprint density at radius 2 is 1.59 bits per heavy atom. The fourth-order valence-electron chi connectivity index (χ4n) is 2.93. The molecule has 0 aliphatic heterocycles. The van der Waals surface area contributed by atoms with E-state index in [1.807, 2.05) is 0 Å². The SMILES string of the molecule is CN(C)c1ccc(C(F)(F)F)cc1NC(=O)c1cccc(NS(=O)(=O)c2ccccc2)c1. The number of benzene rings is 3. The molecule has 0 unspecified atom stereocenters. The van der Waals surface area contributed by atoms with Crippen LogP contribution >= 0.6 is 0 Å². The predicted octanol–water partition coefficient (Wildman–Crippen LogP) is 4.82. The molecule has 3 rings (SSSR count).